The number of ether oxygens (including phenoxy) is 1. The molecule has 0 atom stereocenters. The highest BCUT2D eigenvalue weighted by Crippen LogP contribution is 2.38. The van der Waals surface area contributed by atoms with E-state index < -0.39 is 0 Å². The molecule has 3 heteroatoms. The summed E-state index contributed by atoms with van der Waals surface area (Å²) in [4.78, 5) is 2.63. The number of hydrogen-bond acceptors (Lipinski definition) is 3. The highest BCUT2D eigenvalue weighted by molar-refractivity contribution is 4.92. The van der Waals surface area contributed by atoms with Gasteiger partial charge in [0.15, 0.2) is 0 Å². The molecule has 0 saturated carbocycles. The van der Waals surface area contributed by atoms with Crippen molar-refractivity contribution in [2.45, 2.75) is 25.7 Å². The van der Waals surface area contributed by atoms with Gasteiger partial charge in [-0.05, 0) is 50.7 Å². The summed E-state index contributed by atoms with van der Waals surface area (Å²) in [5.74, 6) is 0. The first-order valence-corrected chi connectivity index (χ1v) is 6.27. The van der Waals surface area contributed by atoms with E-state index in [1.165, 1.54) is 58.4 Å². The molecular formula is C12H24N2O. The fourth-order valence-electron chi connectivity index (χ4n) is 3.02. The number of hydrogen-bond donors (Lipinski definition) is 1. The molecule has 0 aliphatic carbocycles. The Morgan fingerprint density at radius 1 is 1.27 bits per heavy atom. The maximum Gasteiger partial charge on any atom is 0.0474 e. The van der Waals surface area contributed by atoms with Gasteiger partial charge >= 0.3 is 0 Å². The topological polar surface area (TPSA) is 24.5 Å². The molecule has 2 rings (SSSR count). The van der Waals surface area contributed by atoms with Crippen LogP contribution in [0.25, 0.3) is 0 Å². The molecule has 0 radical (unpaired) electrons. The van der Waals surface area contributed by atoms with E-state index in [-0.39, 0.29) is 0 Å². The predicted molar refractivity (Wildman–Crippen MR) is 62.1 cm³/mol. The molecule has 0 aromatic rings. The third kappa shape index (κ3) is 2.92. The van der Waals surface area contributed by atoms with Crippen LogP contribution in [0.3, 0.4) is 0 Å². The van der Waals surface area contributed by atoms with E-state index in [9.17, 15) is 0 Å². The van der Waals surface area contributed by atoms with E-state index in [0.29, 0.717) is 5.41 Å². The van der Waals surface area contributed by atoms with Crippen molar-refractivity contribution in [3.8, 4) is 0 Å². The number of likely N-dealkylation sites (tertiary alicyclic amines) is 1. The predicted octanol–water partition coefficient (Wildman–Crippen LogP) is 1.10. The Hall–Kier alpha value is -0.120. The van der Waals surface area contributed by atoms with E-state index in [4.69, 9.17) is 4.74 Å². The van der Waals surface area contributed by atoms with Crippen molar-refractivity contribution >= 4 is 0 Å². The molecule has 2 heterocycles. The summed E-state index contributed by atoms with van der Waals surface area (Å²) in [6.07, 6.45) is 5.37. The van der Waals surface area contributed by atoms with Crippen LogP contribution in [0.15, 0.2) is 0 Å². The first-order chi connectivity index (χ1) is 7.35. The van der Waals surface area contributed by atoms with Crippen molar-refractivity contribution in [3.05, 3.63) is 0 Å². The summed E-state index contributed by atoms with van der Waals surface area (Å²) in [6, 6.07) is 0. The van der Waals surface area contributed by atoms with Gasteiger partial charge in [-0.1, -0.05) is 0 Å². The maximum atomic E-state index is 5.10. The van der Waals surface area contributed by atoms with Crippen LogP contribution in [0.2, 0.25) is 0 Å². The average molecular weight is 212 g/mol. The molecule has 1 spiro atoms. The zero-order valence-corrected chi connectivity index (χ0v) is 9.93. The Balaban J connectivity index is 1.73. The molecule has 2 saturated heterocycles. The molecule has 3 nitrogen and oxygen atoms in total. The van der Waals surface area contributed by atoms with Gasteiger partial charge in [-0.15, -0.1) is 0 Å². The molecule has 0 unspecified atom stereocenters. The molecule has 0 aromatic carbocycles. The lowest BCUT2D eigenvalue weighted by Gasteiger charge is -2.33. The number of piperidine rings is 1. The van der Waals surface area contributed by atoms with Crippen molar-refractivity contribution < 1.29 is 4.74 Å². The van der Waals surface area contributed by atoms with Crippen molar-refractivity contribution in [2.75, 3.05) is 46.4 Å². The minimum Gasteiger partial charge on any atom is -0.385 e. The lowest BCUT2D eigenvalue weighted by Crippen LogP contribution is -2.38. The van der Waals surface area contributed by atoms with Gasteiger partial charge in [-0.25, -0.2) is 0 Å². The van der Waals surface area contributed by atoms with Crippen LogP contribution in [-0.4, -0.2) is 51.3 Å². The van der Waals surface area contributed by atoms with Crippen LogP contribution in [0.4, 0.5) is 0 Å². The second kappa shape index (κ2) is 5.28. The summed E-state index contributed by atoms with van der Waals surface area (Å²) in [5.41, 5.74) is 0.665. The summed E-state index contributed by atoms with van der Waals surface area (Å²) in [7, 11) is 1.79. The molecule has 0 aromatic heterocycles. The molecule has 2 aliphatic heterocycles. The van der Waals surface area contributed by atoms with Crippen molar-refractivity contribution in [3.63, 3.8) is 0 Å². The standard InChI is InChI=1S/C12H24N2O/c1-15-10-2-8-14-9-5-12(11-14)3-6-13-7-4-12/h13H,2-11H2,1H3. The first-order valence-electron chi connectivity index (χ1n) is 6.27. The van der Waals surface area contributed by atoms with E-state index in [1.807, 2.05) is 0 Å². The van der Waals surface area contributed by atoms with Gasteiger partial charge in [0.25, 0.3) is 0 Å². The summed E-state index contributed by atoms with van der Waals surface area (Å²) >= 11 is 0. The molecular weight excluding hydrogens is 188 g/mol. The molecule has 15 heavy (non-hydrogen) atoms. The summed E-state index contributed by atoms with van der Waals surface area (Å²) in [6.45, 7) is 7.23. The average Bonchev–Trinajstić information content (AvgIpc) is 2.63. The Morgan fingerprint density at radius 3 is 2.80 bits per heavy atom. The van der Waals surface area contributed by atoms with Crippen LogP contribution >= 0.6 is 0 Å². The molecule has 1 N–H and O–H groups in total. The van der Waals surface area contributed by atoms with Crippen molar-refractivity contribution in [2.24, 2.45) is 5.41 Å². The Bertz CT molecular complexity index is 188. The quantitative estimate of drug-likeness (QED) is 0.706. The van der Waals surface area contributed by atoms with Gasteiger partial charge in [-0.2, -0.15) is 0 Å². The second-order valence-electron chi connectivity index (χ2n) is 5.12. The van der Waals surface area contributed by atoms with Crippen LogP contribution in [0.5, 0.6) is 0 Å². The van der Waals surface area contributed by atoms with Crippen LogP contribution in [-0.2, 0) is 4.74 Å². The van der Waals surface area contributed by atoms with E-state index >= 15 is 0 Å². The van der Waals surface area contributed by atoms with Crippen molar-refractivity contribution in [1.29, 1.82) is 0 Å². The summed E-state index contributed by atoms with van der Waals surface area (Å²) in [5, 5.41) is 3.46. The lowest BCUT2D eigenvalue weighted by molar-refractivity contribution is 0.165. The monoisotopic (exact) mass is 212 g/mol. The summed E-state index contributed by atoms with van der Waals surface area (Å²) < 4.78 is 5.10. The molecule has 2 fully saturated rings. The van der Waals surface area contributed by atoms with Gasteiger partial charge in [0.05, 0.1) is 0 Å². The zero-order chi connectivity index (χ0) is 10.6. The number of nitrogens with zero attached hydrogens (tertiary/aromatic N) is 1. The number of nitrogens with one attached hydrogen (secondary N) is 1. The van der Waals surface area contributed by atoms with Gasteiger partial charge in [0.1, 0.15) is 0 Å². The number of methoxy groups -OCH3 is 1. The van der Waals surface area contributed by atoms with Crippen LogP contribution < -0.4 is 5.32 Å². The minimum atomic E-state index is 0.665. The normalized spacial score (nSPS) is 26.2. The highest BCUT2D eigenvalue weighted by atomic mass is 16.5. The van der Waals surface area contributed by atoms with Crippen LogP contribution in [0.1, 0.15) is 25.7 Å². The SMILES string of the molecule is COCCCN1CCC2(CCNCC2)C1. The fraction of sp³-hybridized carbons (Fsp3) is 1.00. The van der Waals surface area contributed by atoms with E-state index in [2.05, 4.69) is 10.2 Å². The van der Waals surface area contributed by atoms with Gasteiger partial charge in [-0.3, -0.25) is 0 Å². The molecule has 2 aliphatic rings. The largest absolute Gasteiger partial charge is 0.385 e. The molecule has 0 amide bonds. The van der Waals surface area contributed by atoms with E-state index in [1.54, 1.807) is 7.11 Å². The maximum absolute atomic E-state index is 5.10. The van der Waals surface area contributed by atoms with E-state index in [0.717, 1.165) is 6.61 Å². The molecule has 0 bridgehead atoms. The lowest BCUT2D eigenvalue weighted by atomic mass is 9.78. The van der Waals surface area contributed by atoms with Crippen LogP contribution in [0, 0.1) is 5.41 Å². The molecule has 88 valence electrons. The minimum absolute atomic E-state index is 0.665. The third-order valence-corrected chi connectivity index (χ3v) is 4.00. The highest BCUT2D eigenvalue weighted by Gasteiger charge is 2.38. The second-order valence-corrected chi connectivity index (χ2v) is 5.12. The first kappa shape index (κ1) is 11.4. The Labute approximate surface area is 93.2 Å². The Morgan fingerprint density at radius 2 is 2.07 bits per heavy atom. The van der Waals surface area contributed by atoms with Gasteiger partial charge in [0, 0.05) is 26.8 Å². The number of rotatable bonds is 4. The van der Waals surface area contributed by atoms with Crippen molar-refractivity contribution in [1.82, 2.24) is 10.2 Å². The fourth-order valence-corrected chi connectivity index (χ4v) is 3.02. The smallest absolute Gasteiger partial charge is 0.0474 e. The van der Waals surface area contributed by atoms with Gasteiger partial charge in [0.2, 0.25) is 0 Å². The van der Waals surface area contributed by atoms with Gasteiger partial charge < -0.3 is 15.0 Å². The zero-order valence-electron chi connectivity index (χ0n) is 9.93. The third-order valence-electron chi connectivity index (χ3n) is 4.00. The Kier molecular flexibility index (Phi) is 4.00.